The smallest absolute Gasteiger partial charge is 0.180 e. The van der Waals surface area contributed by atoms with Crippen molar-refractivity contribution >= 4 is 56.7 Å². The van der Waals surface area contributed by atoms with Crippen molar-refractivity contribution in [1.82, 2.24) is 0 Å². The Kier molecular flexibility index (Phi) is 9.38. The van der Waals surface area contributed by atoms with Crippen molar-refractivity contribution in [2.45, 2.75) is 12.3 Å². The van der Waals surface area contributed by atoms with Crippen LogP contribution in [0, 0.1) is 6.92 Å². The lowest BCUT2D eigenvalue weighted by Gasteiger charge is -2.35. The number of hydrogen-bond acceptors (Lipinski definition) is 1. The summed E-state index contributed by atoms with van der Waals surface area (Å²) in [5, 5.41) is 8.16. The first-order valence-electron chi connectivity index (χ1n) is 23.7. The summed E-state index contributed by atoms with van der Waals surface area (Å²) in [5.41, 5.74) is 16.8. The first-order valence-corrected chi connectivity index (χ1v) is 25.7. The van der Waals surface area contributed by atoms with Crippen LogP contribution in [0.5, 0.6) is 0 Å². The Labute approximate surface area is 399 Å². The van der Waals surface area contributed by atoms with E-state index in [2.05, 4.69) is 279 Å². The second-order valence-corrected chi connectivity index (χ2v) is 22.2. The molecule has 68 heavy (non-hydrogen) atoms. The minimum atomic E-state index is -2.81. The molecule has 11 aromatic rings. The third-order valence-electron chi connectivity index (χ3n) is 14.8. The highest BCUT2D eigenvalue weighted by Gasteiger charge is 2.49. The van der Waals surface area contributed by atoms with Gasteiger partial charge in [-0.25, -0.2) is 0 Å². The number of hydrogen-bond donors (Lipinski definition) is 0. The predicted molar refractivity (Wildman–Crippen MR) is 289 cm³/mol. The monoisotopic (exact) mass is 881 g/mol. The summed E-state index contributed by atoms with van der Waals surface area (Å²) in [6.07, 6.45) is 0. The minimum Gasteiger partial charge on any atom is -0.310 e. The van der Waals surface area contributed by atoms with Crippen LogP contribution in [0.4, 0.5) is 17.1 Å². The molecule has 0 fully saturated rings. The summed E-state index contributed by atoms with van der Waals surface area (Å²) in [6, 6.07) is 100. The van der Waals surface area contributed by atoms with E-state index in [-0.39, 0.29) is 0 Å². The van der Waals surface area contributed by atoms with Crippen molar-refractivity contribution in [2.75, 3.05) is 4.90 Å². The van der Waals surface area contributed by atoms with E-state index >= 15 is 0 Å². The Hall–Kier alpha value is -8.30. The third-order valence-corrected chi connectivity index (χ3v) is 19.7. The van der Waals surface area contributed by atoms with Crippen LogP contribution in [0.3, 0.4) is 0 Å². The largest absolute Gasteiger partial charge is 0.310 e. The molecule has 0 bridgehead atoms. The number of fused-ring (bicyclic) bond motifs is 7. The summed E-state index contributed by atoms with van der Waals surface area (Å²) in [6.45, 7) is 2.28. The highest BCUT2D eigenvalue weighted by Crippen LogP contribution is 2.57. The van der Waals surface area contributed by atoms with E-state index in [1.165, 1.54) is 92.7 Å². The standard InChI is InChI=1S/C66H47NSi/c1-46-41-55(44-57(42-46)68(56-25-9-4-10-26-56)64-31-17-14-28-60(64)61-29-15-18-32-65(61)68)67(53-37-35-48(36-38-53)50-34-33-47-19-11-12-20-49(47)43-50)54-39-40-59-58-27-13-16-30-62(58)66(63(59)45-54,51-21-5-2-6-22-51)52-23-7-3-8-24-52/h2-45H,1H3. The summed E-state index contributed by atoms with van der Waals surface area (Å²) < 4.78 is 0. The van der Waals surface area contributed by atoms with Crippen LogP contribution in [0.2, 0.25) is 0 Å². The van der Waals surface area contributed by atoms with Gasteiger partial charge < -0.3 is 4.90 Å². The molecule has 1 nitrogen and oxygen atoms in total. The van der Waals surface area contributed by atoms with Crippen LogP contribution in [-0.4, -0.2) is 8.07 Å². The molecule has 0 spiro atoms. The Balaban J connectivity index is 1.07. The van der Waals surface area contributed by atoms with Crippen molar-refractivity contribution < 1.29 is 0 Å². The van der Waals surface area contributed by atoms with Crippen molar-refractivity contribution in [3.05, 3.63) is 295 Å². The van der Waals surface area contributed by atoms with Gasteiger partial charge in [-0.15, -0.1) is 0 Å². The molecule has 0 unspecified atom stereocenters. The number of aryl methyl sites for hydroxylation is 1. The summed E-state index contributed by atoms with van der Waals surface area (Å²) in [4.78, 5) is 2.52. The molecule has 0 N–H and O–H groups in total. The zero-order valence-corrected chi connectivity index (χ0v) is 38.9. The van der Waals surface area contributed by atoms with Crippen LogP contribution in [0.15, 0.2) is 267 Å². The highest BCUT2D eigenvalue weighted by molar-refractivity contribution is 7.22. The van der Waals surface area contributed by atoms with Gasteiger partial charge >= 0.3 is 0 Å². The SMILES string of the molecule is Cc1cc(N(c2ccc(-c3ccc4ccccc4c3)cc2)c2ccc3c(c2)C(c2ccccc2)(c2ccccc2)c2ccccc2-3)cc([Si]2(c3ccccc3)c3ccccc3-c3ccccc32)c1. The quantitative estimate of drug-likeness (QED) is 0.137. The Morgan fingerprint density at radius 1 is 0.324 bits per heavy atom. The van der Waals surface area contributed by atoms with E-state index in [1.807, 2.05) is 0 Å². The Morgan fingerprint density at radius 3 is 1.53 bits per heavy atom. The Bertz CT molecular complexity index is 3600. The fraction of sp³-hybridized carbons (Fsp3) is 0.0303. The zero-order chi connectivity index (χ0) is 45.2. The van der Waals surface area contributed by atoms with E-state index in [4.69, 9.17) is 0 Å². The molecule has 2 aliphatic rings. The van der Waals surface area contributed by atoms with Crippen LogP contribution < -0.4 is 25.6 Å². The predicted octanol–water partition coefficient (Wildman–Crippen LogP) is 14.0. The number of anilines is 3. The summed E-state index contributed by atoms with van der Waals surface area (Å²) in [5.74, 6) is 0. The molecule has 0 amide bonds. The van der Waals surface area contributed by atoms with Gasteiger partial charge in [-0.1, -0.05) is 224 Å². The van der Waals surface area contributed by atoms with Gasteiger partial charge in [0.1, 0.15) is 0 Å². The fourth-order valence-electron chi connectivity index (χ4n) is 12.0. The molecule has 11 aromatic carbocycles. The number of benzene rings is 11. The molecule has 1 heterocycles. The molecule has 2 heteroatoms. The van der Waals surface area contributed by atoms with Gasteiger partial charge in [0.05, 0.1) is 5.41 Å². The van der Waals surface area contributed by atoms with Gasteiger partial charge in [0, 0.05) is 17.1 Å². The lowest BCUT2D eigenvalue weighted by Crippen LogP contribution is -2.72. The molecule has 0 atom stereocenters. The molecular weight excluding hydrogens is 835 g/mol. The maximum atomic E-state index is 2.53. The number of nitrogens with zero attached hydrogens (tertiary/aromatic N) is 1. The van der Waals surface area contributed by atoms with E-state index in [9.17, 15) is 0 Å². The van der Waals surface area contributed by atoms with Gasteiger partial charge in [-0.3, -0.25) is 0 Å². The Morgan fingerprint density at radius 2 is 0.853 bits per heavy atom. The molecule has 0 saturated carbocycles. The van der Waals surface area contributed by atoms with Gasteiger partial charge in [-0.05, 0) is 142 Å². The van der Waals surface area contributed by atoms with Crippen molar-refractivity contribution in [1.29, 1.82) is 0 Å². The average Bonchev–Trinajstić information content (AvgIpc) is 3.88. The van der Waals surface area contributed by atoms with E-state index in [0.717, 1.165) is 17.1 Å². The van der Waals surface area contributed by atoms with E-state index in [1.54, 1.807) is 0 Å². The van der Waals surface area contributed by atoms with Crippen molar-refractivity contribution in [3.8, 4) is 33.4 Å². The fourth-order valence-corrected chi connectivity index (χ4v) is 17.3. The molecule has 0 saturated heterocycles. The molecular formula is C66H47NSi. The topological polar surface area (TPSA) is 3.24 Å². The van der Waals surface area contributed by atoms with Crippen LogP contribution in [0.1, 0.15) is 27.8 Å². The normalized spacial score (nSPS) is 13.6. The average molecular weight is 882 g/mol. The summed E-state index contributed by atoms with van der Waals surface area (Å²) >= 11 is 0. The molecule has 0 radical (unpaired) electrons. The first-order chi connectivity index (χ1) is 33.6. The zero-order valence-electron chi connectivity index (χ0n) is 37.9. The first kappa shape index (κ1) is 40.0. The lowest BCUT2D eigenvalue weighted by atomic mass is 9.67. The second kappa shape index (κ2) is 15.9. The van der Waals surface area contributed by atoms with Crippen LogP contribution in [0.25, 0.3) is 44.2 Å². The van der Waals surface area contributed by atoms with Gasteiger partial charge in [-0.2, -0.15) is 0 Å². The van der Waals surface area contributed by atoms with Crippen molar-refractivity contribution in [2.24, 2.45) is 0 Å². The van der Waals surface area contributed by atoms with Crippen molar-refractivity contribution in [3.63, 3.8) is 0 Å². The maximum Gasteiger partial charge on any atom is 0.180 e. The van der Waals surface area contributed by atoms with Crippen LogP contribution in [-0.2, 0) is 5.41 Å². The van der Waals surface area contributed by atoms with Gasteiger partial charge in [0.25, 0.3) is 0 Å². The third kappa shape index (κ3) is 6.01. The van der Waals surface area contributed by atoms with E-state index in [0.29, 0.717) is 0 Å². The molecule has 1 aliphatic carbocycles. The maximum absolute atomic E-state index is 2.81. The lowest BCUT2D eigenvalue weighted by molar-refractivity contribution is 0.768. The molecule has 0 aromatic heterocycles. The van der Waals surface area contributed by atoms with Crippen LogP contribution >= 0.6 is 0 Å². The number of rotatable bonds is 8. The molecule has 320 valence electrons. The van der Waals surface area contributed by atoms with Gasteiger partial charge in [0.2, 0.25) is 0 Å². The highest BCUT2D eigenvalue weighted by atomic mass is 28.3. The molecule has 1 aliphatic heterocycles. The second-order valence-electron chi connectivity index (χ2n) is 18.5. The summed E-state index contributed by atoms with van der Waals surface area (Å²) in [7, 11) is -2.81. The van der Waals surface area contributed by atoms with E-state index < -0.39 is 13.5 Å². The van der Waals surface area contributed by atoms with Gasteiger partial charge in [0.15, 0.2) is 8.07 Å². The minimum absolute atomic E-state index is 0.532. The molecule has 13 rings (SSSR count).